The van der Waals surface area contributed by atoms with Crippen LogP contribution in [0.5, 0.6) is 0 Å². The Balaban J connectivity index is 2.40. The lowest BCUT2D eigenvalue weighted by Gasteiger charge is -1.85. The zero-order valence-corrected chi connectivity index (χ0v) is 6.82. The van der Waals surface area contributed by atoms with Gasteiger partial charge >= 0.3 is 0 Å². The molecule has 0 fully saturated rings. The van der Waals surface area contributed by atoms with Gasteiger partial charge in [-0.1, -0.05) is 12.1 Å². The van der Waals surface area contributed by atoms with Crippen LogP contribution in [0.4, 0.5) is 0 Å². The zero-order valence-electron chi connectivity index (χ0n) is 6.00. The van der Waals surface area contributed by atoms with E-state index in [-0.39, 0.29) is 0 Å². The third-order valence-electron chi connectivity index (χ3n) is 1.15. The Kier molecular flexibility index (Phi) is 3.19. The van der Waals surface area contributed by atoms with Crippen LogP contribution < -0.4 is 5.32 Å². The van der Waals surface area contributed by atoms with Gasteiger partial charge in [-0.3, -0.25) is 0 Å². The predicted octanol–water partition coefficient (Wildman–Crippen LogP) is 1.98. The molecule has 1 N–H and O–H groups in total. The molecule has 0 saturated heterocycles. The Bertz CT molecular complexity index is 189. The third kappa shape index (κ3) is 2.33. The molecule has 0 radical (unpaired) electrons. The lowest BCUT2D eigenvalue weighted by atomic mass is 10.4. The van der Waals surface area contributed by atoms with Gasteiger partial charge in [-0.25, -0.2) is 0 Å². The maximum atomic E-state index is 3.05. The molecular weight excluding hydrogens is 142 g/mol. The Morgan fingerprint density at radius 1 is 1.70 bits per heavy atom. The second-order valence-corrected chi connectivity index (χ2v) is 2.95. The molecule has 10 heavy (non-hydrogen) atoms. The van der Waals surface area contributed by atoms with Gasteiger partial charge in [-0.15, -0.1) is 11.3 Å². The second-order valence-electron chi connectivity index (χ2n) is 1.98. The molecule has 0 aliphatic heterocycles. The van der Waals surface area contributed by atoms with E-state index < -0.39 is 0 Å². The monoisotopic (exact) mass is 153 g/mol. The summed E-state index contributed by atoms with van der Waals surface area (Å²) >= 11 is 1.76. The van der Waals surface area contributed by atoms with E-state index in [9.17, 15) is 0 Å². The SMILES string of the molecule is CNCC=Cc1cccs1. The summed E-state index contributed by atoms with van der Waals surface area (Å²) < 4.78 is 0. The molecule has 0 aliphatic rings. The first-order chi connectivity index (χ1) is 4.93. The van der Waals surface area contributed by atoms with Gasteiger partial charge in [0.1, 0.15) is 0 Å². The number of thiophene rings is 1. The molecule has 0 spiro atoms. The highest BCUT2D eigenvalue weighted by atomic mass is 32.1. The summed E-state index contributed by atoms with van der Waals surface area (Å²) in [7, 11) is 1.94. The minimum Gasteiger partial charge on any atom is -0.316 e. The van der Waals surface area contributed by atoms with Crippen molar-refractivity contribution in [2.24, 2.45) is 0 Å². The van der Waals surface area contributed by atoms with E-state index in [4.69, 9.17) is 0 Å². The number of hydrogen-bond acceptors (Lipinski definition) is 2. The normalized spacial score (nSPS) is 10.9. The van der Waals surface area contributed by atoms with Gasteiger partial charge in [0, 0.05) is 11.4 Å². The van der Waals surface area contributed by atoms with Gasteiger partial charge in [-0.2, -0.15) is 0 Å². The maximum Gasteiger partial charge on any atom is 0.0267 e. The van der Waals surface area contributed by atoms with Crippen LogP contribution in [0.2, 0.25) is 0 Å². The Morgan fingerprint density at radius 3 is 3.20 bits per heavy atom. The summed E-state index contributed by atoms with van der Waals surface area (Å²) in [5.41, 5.74) is 0. The standard InChI is InChI=1S/C8H11NS/c1-9-6-2-4-8-5-3-7-10-8/h2-5,7,9H,6H2,1H3. The highest BCUT2D eigenvalue weighted by molar-refractivity contribution is 7.10. The van der Waals surface area contributed by atoms with Crippen LogP contribution >= 0.6 is 11.3 Å². The van der Waals surface area contributed by atoms with Crippen LogP contribution in [0.1, 0.15) is 4.88 Å². The van der Waals surface area contributed by atoms with Crippen LogP contribution in [0, 0.1) is 0 Å². The van der Waals surface area contributed by atoms with Gasteiger partial charge in [-0.05, 0) is 24.6 Å². The van der Waals surface area contributed by atoms with E-state index >= 15 is 0 Å². The molecule has 0 saturated carbocycles. The van der Waals surface area contributed by atoms with E-state index in [1.54, 1.807) is 11.3 Å². The van der Waals surface area contributed by atoms with E-state index in [2.05, 4.69) is 35.0 Å². The molecule has 0 unspecified atom stereocenters. The molecule has 0 atom stereocenters. The quantitative estimate of drug-likeness (QED) is 0.700. The van der Waals surface area contributed by atoms with Crippen molar-refractivity contribution in [2.45, 2.75) is 0 Å². The van der Waals surface area contributed by atoms with Crippen molar-refractivity contribution in [3.63, 3.8) is 0 Å². The van der Waals surface area contributed by atoms with Gasteiger partial charge in [0.15, 0.2) is 0 Å². The summed E-state index contributed by atoms with van der Waals surface area (Å²) in [6.07, 6.45) is 4.24. The van der Waals surface area contributed by atoms with E-state index in [1.807, 2.05) is 7.05 Å². The summed E-state index contributed by atoms with van der Waals surface area (Å²) in [5, 5.41) is 5.13. The first-order valence-electron chi connectivity index (χ1n) is 3.28. The van der Waals surface area contributed by atoms with Crippen molar-refractivity contribution >= 4 is 17.4 Å². The molecule has 1 heterocycles. The molecule has 0 amide bonds. The number of rotatable bonds is 3. The molecular formula is C8H11NS. The molecule has 1 nitrogen and oxygen atoms in total. The van der Waals surface area contributed by atoms with Crippen molar-refractivity contribution in [2.75, 3.05) is 13.6 Å². The van der Waals surface area contributed by atoms with Crippen LogP contribution in [-0.4, -0.2) is 13.6 Å². The topological polar surface area (TPSA) is 12.0 Å². The Labute approximate surface area is 65.4 Å². The number of hydrogen-bond donors (Lipinski definition) is 1. The summed E-state index contributed by atoms with van der Waals surface area (Å²) in [6, 6.07) is 4.17. The summed E-state index contributed by atoms with van der Waals surface area (Å²) in [5.74, 6) is 0. The van der Waals surface area contributed by atoms with Crippen LogP contribution in [-0.2, 0) is 0 Å². The molecule has 54 valence electrons. The first kappa shape index (κ1) is 7.51. The van der Waals surface area contributed by atoms with Crippen LogP contribution in [0.15, 0.2) is 23.6 Å². The molecule has 0 bridgehead atoms. The van der Waals surface area contributed by atoms with Crippen LogP contribution in [0.25, 0.3) is 6.08 Å². The first-order valence-corrected chi connectivity index (χ1v) is 4.16. The van der Waals surface area contributed by atoms with Crippen molar-refractivity contribution in [1.29, 1.82) is 0 Å². The lowest BCUT2D eigenvalue weighted by molar-refractivity contribution is 0.922. The van der Waals surface area contributed by atoms with Crippen molar-refractivity contribution in [3.8, 4) is 0 Å². The number of likely N-dealkylation sites (N-methyl/N-ethyl adjacent to an activating group) is 1. The second kappa shape index (κ2) is 4.25. The summed E-state index contributed by atoms with van der Waals surface area (Å²) in [4.78, 5) is 1.32. The molecule has 1 aromatic heterocycles. The predicted molar refractivity (Wildman–Crippen MR) is 47.3 cm³/mol. The molecule has 1 aromatic rings. The molecule has 0 aromatic carbocycles. The fourth-order valence-corrected chi connectivity index (χ4v) is 1.33. The number of nitrogens with one attached hydrogen (secondary N) is 1. The molecule has 2 heteroatoms. The van der Waals surface area contributed by atoms with Crippen LogP contribution in [0.3, 0.4) is 0 Å². The van der Waals surface area contributed by atoms with Crippen molar-refractivity contribution in [3.05, 3.63) is 28.5 Å². The molecule has 1 rings (SSSR count). The fourth-order valence-electron chi connectivity index (χ4n) is 0.679. The molecule has 0 aliphatic carbocycles. The average molecular weight is 153 g/mol. The fraction of sp³-hybridized carbons (Fsp3) is 0.250. The minimum absolute atomic E-state index is 0.942. The smallest absolute Gasteiger partial charge is 0.0267 e. The van der Waals surface area contributed by atoms with Crippen molar-refractivity contribution < 1.29 is 0 Å². The van der Waals surface area contributed by atoms with Gasteiger partial charge in [0.25, 0.3) is 0 Å². The van der Waals surface area contributed by atoms with E-state index in [0.29, 0.717) is 0 Å². The zero-order chi connectivity index (χ0) is 7.23. The van der Waals surface area contributed by atoms with Gasteiger partial charge in [0.05, 0.1) is 0 Å². The minimum atomic E-state index is 0.942. The average Bonchev–Trinajstić information content (AvgIpc) is 2.41. The largest absolute Gasteiger partial charge is 0.316 e. The maximum absolute atomic E-state index is 3.05. The van der Waals surface area contributed by atoms with E-state index in [1.165, 1.54) is 4.88 Å². The van der Waals surface area contributed by atoms with Gasteiger partial charge in [0.2, 0.25) is 0 Å². The Hall–Kier alpha value is -0.600. The highest BCUT2D eigenvalue weighted by Gasteiger charge is 1.82. The third-order valence-corrected chi connectivity index (χ3v) is 1.98. The summed E-state index contributed by atoms with van der Waals surface area (Å²) in [6.45, 7) is 0.942. The highest BCUT2D eigenvalue weighted by Crippen LogP contribution is 2.09. The van der Waals surface area contributed by atoms with Gasteiger partial charge < -0.3 is 5.32 Å². The van der Waals surface area contributed by atoms with E-state index in [0.717, 1.165) is 6.54 Å². The van der Waals surface area contributed by atoms with Crippen molar-refractivity contribution in [1.82, 2.24) is 5.32 Å². The Morgan fingerprint density at radius 2 is 2.60 bits per heavy atom. The lowest BCUT2D eigenvalue weighted by Crippen LogP contribution is -2.03.